The van der Waals surface area contributed by atoms with Crippen LogP contribution in [0, 0.1) is 0 Å². The highest BCUT2D eigenvalue weighted by molar-refractivity contribution is 8.27. The smallest absolute Gasteiger partial charge is 0.335 e. The van der Waals surface area contributed by atoms with Crippen molar-refractivity contribution in [3.8, 4) is 5.75 Å². The van der Waals surface area contributed by atoms with Gasteiger partial charge in [0.2, 0.25) is 0 Å². The number of carboxylic acid groups (broad SMARTS) is 2. The molecule has 0 atom stereocenters. The van der Waals surface area contributed by atoms with Gasteiger partial charge >= 0.3 is 11.9 Å². The normalized spacial score (nSPS) is 15.1. The van der Waals surface area contributed by atoms with Crippen molar-refractivity contribution in [3.05, 3.63) is 64.1 Å². The number of rotatable bonds is 6. The lowest BCUT2D eigenvalue weighted by Crippen LogP contribution is -2.28. The fraction of sp³-hybridized carbons (Fsp3) is 0.100. The summed E-state index contributed by atoms with van der Waals surface area (Å²) in [5.74, 6) is -2.34. The molecule has 0 spiro atoms. The zero-order chi connectivity index (χ0) is 21.1. The number of carboxylic acids is 2. The Morgan fingerprint density at radius 3 is 2.21 bits per heavy atom. The zero-order valence-electron chi connectivity index (χ0n) is 15.1. The van der Waals surface area contributed by atoms with E-state index in [1.165, 1.54) is 12.1 Å². The maximum absolute atomic E-state index is 12.9. The quantitative estimate of drug-likeness (QED) is 0.527. The highest BCUT2D eigenvalue weighted by atomic mass is 32.2. The van der Waals surface area contributed by atoms with E-state index in [0.29, 0.717) is 17.3 Å². The monoisotopic (exact) mass is 429 g/mol. The number of nitrogens with zero attached hydrogens (tertiary/aromatic N) is 1. The van der Waals surface area contributed by atoms with E-state index >= 15 is 0 Å². The van der Waals surface area contributed by atoms with Crippen molar-refractivity contribution >= 4 is 57.9 Å². The third-order valence-corrected chi connectivity index (χ3v) is 5.25. The van der Waals surface area contributed by atoms with Crippen molar-refractivity contribution in [2.45, 2.75) is 6.92 Å². The first-order chi connectivity index (χ1) is 13.8. The van der Waals surface area contributed by atoms with Gasteiger partial charge in [0.05, 0.1) is 28.3 Å². The molecule has 2 aromatic carbocycles. The van der Waals surface area contributed by atoms with Crippen LogP contribution in [-0.4, -0.2) is 39.0 Å². The molecular weight excluding hydrogens is 414 g/mol. The van der Waals surface area contributed by atoms with Gasteiger partial charge in [0, 0.05) is 0 Å². The van der Waals surface area contributed by atoms with Crippen LogP contribution in [0.5, 0.6) is 5.75 Å². The van der Waals surface area contributed by atoms with Gasteiger partial charge in [0.1, 0.15) is 5.75 Å². The summed E-state index contributed by atoms with van der Waals surface area (Å²) in [5, 5.41) is 18.5. The molecule has 1 fully saturated rings. The minimum Gasteiger partial charge on any atom is -0.494 e. The molecule has 1 aliphatic heterocycles. The van der Waals surface area contributed by atoms with E-state index in [-0.39, 0.29) is 21.1 Å². The Balaban J connectivity index is 1.95. The lowest BCUT2D eigenvalue weighted by atomic mass is 10.1. The van der Waals surface area contributed by atoms with Gasteiger partial charge in [0.25, 0.3) is 5.91 Å². The van der Waals surface area contributed by atoms with Crippen LogP contribution in [-0.2, 0) is 4.79 Å². The fourth-order valence-corrected chi connectivity index (χ4v) is 3.95. The third-order valence-electron chi connectivity index (χ3n) is 3.95. The van der Waals surface area contributed by atoms with E-state index in [2.05, 4.69) is 0 Å². The van der Waals surface area contributed by atoms with Gasteiger partial charge in [-0.05, 0) is 48.9 Å². The van der Waals surface area contributed by atoms with Crippen LogP contribution in [0.3, 0.4) is 0 Å². The molecule has 3 rings (SSSR count). The summed E-state index contributed by atoms with van der Waals surface area (Å²) in [6.45, 7) is 2.43. The van der Waals surface area contributed by atoms with Crippen molar-refractivity contribution in [2.75, 3.05) is 11.5 Å². The summed E-state index contributed by atoms with van der Waals surface area (Å²) in [4.78, 5) is 37.0. The minimum atomic E-state index is -1.30. The second-order valence-electron chi connectivity index (χ2n) is 5.90. The minimum absolute atomic E-state index is 0.0971. The van der Waals surface area contributed by atoms with Gasteiger partial charge in [-0.1, -0.05) is 36.1 Å². The molecule has 1 aliphatic rings. The Bertz CT molecular complexity index is 1010. The molecule has 0 unspecified atom stereocenters. The highest BCUT2D eigenvalue weighted by Crippen LogP contribution is 2.37. The van der Waals surface area contributed by atoms with Crippen molar-refractivity contribution in [1.82, 2.24) is 0 Å². The van der Waals surface area contributed by atoms with Crippen LogP contribution in [0.25, 0.3) is 6.08 Å². The number of thioether (sulfide) groups is 1. The first-order valence-corrected chi connectivity index (χ1v) is 9.65. The number of benzene rings is 2. The number of hydrogen-bond acceptors (Lipinski definition) is 6. The van der Waals surface area contributed by atoms with Crippen LogP contribution in [0.4, 0.5) is 5.69 Å². The van der Waals surface area contributed by atoms with Crippen LogP contribution in [0.2, 0.25) is 0 Å². The summed E-state index contributed by atoms with van der Waals surface area (Å²) < 4.78 is 5.57. The van der Waals surface area contributed by atoms with Crippen molar-refractivity contribution < 1.29 is 29.3 Å². The lowest BCUT2D eigenvalue weighted by molar-refractivity contribution is -0.113. The number of carbonyl (C=O) groups is 3. The molecule has 7 nitrogen and oxygen atoms in total. The largest absolute Gasteiger partial charge is 0.494 e. The van der Waals surface area contributed by atoms with Gasteiger partial charge in [-0.25, -0.2) is 9.59 Å². The van der Waals surface area contributed by atoms with Gasteiger partial charge < -0.3 is 14.9 Å². The predicted molar refractivity (Wildman–Crippen MR) is 114 cm³/mol. The van der Waals surface area contributed by atoms with Crippen LogP contribution < -0.4 is 9.64 Å². The molecule has 1 amide bonds. The van der Waals surface area contributed by atoms with E-state index in [1.54, 1.807) is 30.3 Å². The van der Waals surface area contributed by atoms with E-state index in [4.69, 9.17) is 17.0 Å². The molecule has 0 aromatic heterocycles. The van der Waals surface area contributed by atoms with Crippen LogP contribution >= 0.6 is 24.0 Å². The Labute approximate surface area is 175 Å². The average molecular weight is 429 g/mol. The van der Waals surface area contributed by atoms with E-state index in [9.17, 15) is 24.6 Å². The average Bonchev–Trinajstić information content (AvgIpc) is 2.96. The Hall–Kier alpha value is -3.17. The molecule has 0 aliphatic carbocycles. The number of thiocarbonyl (C=S) groups is 1. The first kappa shape index (κ1) is 20.6. The Kier molecular flexibility index (Phi) is 6.00. The summed E-state index contributed by atoms with van der Waals surface area (Å²) >= 11 is 6.34. The fourth-order valence-electron chi connectivity index (χ4n) is 2.66. The van der Waals surface area contributed by atoms with Crippen molar-refractivity contribution in [3.63, 3.8) is 0 Å². The van der Waals surface area contributed by atoms with Gasteiger partial charge in [-0.3, -0.25) is 9.69 Å². The molecule has 29 heavy (non-hydrogen) atoms. The lowest BCUT2D eigenvalue weighted by Gasteiger charge is -2.16. The number of aromatic carboxylic acids is 2. The molecule has 0 radical (unpaired) electrons. The van der Waals surface area contributed by atoms with E-state index in [0.717, 1.165) is 28.3 Å². The number of carbonyl (C=O) groups excluding carboxylic acids is 1. The summed E-state index contributed by atoms with van der Waals surface area (Å²) in [6.07, 6.45) is 1.66. The number of anilines is 1. The van der Waals surface area contributed by atoms with Gasteiger partial charge in [0.15, 0.2) is 4.32 Å². The molecule has 148 valence electrons. The van der Waals surface area contributed by atoms with Gasteiger partial charge in [-0.2, -0.15) is 0 Å². The highest BCUT2D eigenvalue weighted by Gasteiger charge is 2.34. The summed E-state index contributed by atoms with van der Waals surface area (Å²) in [6, 6.07) is 10.6. The maximum atomic E-state index is 12.9. The molecule has 0 saturated carbocycles. The Morgan fingerprint density at radius 2 is 1.69 bits per heavy atom. The van der Waals surface area contributed by atoms with Crippen LogP contribution in [0.15, 0.2) is 47.4 Å². The zero-order valence-corrected chi connectivity index (χ0v) is 16.8. The topological polar surface area (TPSA) is 104 Å². The summed E-state index contributed by atoms with van der Waals surface area (Å²) in [7, 11) is 0. The molecule has 0 bridgehead atoms. The molecule has 1 heterocycles. The molecule has 2 N–H and O–H groups in total. The third kappa shape index (κ3) is 4.47. The predicted octanol–water partition coefficient (Wildman–Crippen LogP) is 3.89. The number of ether oxygens (including phenoxy) is 1. The standard InChI is InChI=1S/C20H15NO6S2/c1-2-27-15-5-3-11(4-6-15)7-16-17(22)21(20(28)29-16)14-9-12(18(23)24)8-13(10-14)19(25)26/h3-10H,2H2,1H3,(H,23,24)(H,25,26)/b16-7-. The number of hydrogen-bond donors (Lipinski definition) is 2. The number of amides is 1. The molecule has 1 saturated heterocycles. The summed E-state index contributed by atoms with van der Waals surface area (Å²) in [5.41, 5.74) is 0.369. The Morgan fingerprint density at radius 1 is 1.10 bits per heavy atom. The van der Waals surface area contributed by atoms with E-state index < -0.39 is 17.8 Å². The maximum Gasteiger partial charge on any atom is 0.335 e. The molecule has 9 heteroatoms. The SMILES string of the molecule is CCOc1ccc(/C=C2\SC(=S)N(c3cc(C(=O)O)cc(C(=O)O)c3)C2=O)cc1. The van der Waals surface area contributed by atoms with Crippen LogP contribution in [0.1, 0.15) is 33.2 Å². The molecule has 2 aromatic rings. The van der Waals surface area contributed by atoms with Crippen molar-refractivity contribution in [1.29, 1.82) is 0 Å². The van der Waals surface area contributed by atoms with Gasteiger partial charge in [-0.15, -0.1) is 0 Å². The van der Waals surface area contributed by atoms with E-state index in [1.807, 2.05) is 6.92 Å². The second-order valence-corrected chi connectivity index (χ2v) is 7.57. The first-order valence-electron chi connectivity index (χ1n) is 8.42. The second kappa shape index (κ2) is 8.46. The molecular formula is C20H15NO6S2. The van der Waals surface area contributed by atoms with Crippen molar-refractivity contribution in [2.24, 2.45) is 0 Å².